The molecule has 6 heteroatoms. The summed E-state index contributed by atoms with van der Waals surface area (Å²) in [6.45, 7) is 2.14. The molecule has 2 N–H and O–H groups in total. The van der Waals surface area contributed by atoms with Gasteiger partial charge in [-0.05, 0) is 25.9 Å². The molecule has 5 nitrogen and oxygen atoms in total. The predicted octanol–water partition coefficient (Wildman–Crippen LogP) is 0.844. The van der Waals surface area contributed by atoms with Crippen molar-refractivity contribution in [2.75, 3.05) is 24.2 Å². The molecule has 1 aromatic heterocycles. The van der Waals surface area contributed by atoms with Crippen LogP contribution in [0.3, 0.4) is 0 Å². The molecule has 0 atom stereocenters. The minimum absolute atomic E-state index is 0.0529. The normalized spacial score (nSPS) is 17.0. The van der Waals surface area contributed by atoms with Crippen LogP contribution in [0.15, 0.2) is 12.3 Å². The molecule has 17 heavy (non-hydrogen) atoms. The molecule has 1 aromatic rings. The first-order chi connectivity index (χ1) is 8.25. The standard InChI is InChI=1S/C11H18N4OS/c1-15-10(4-7-13-15)14-11(16)8-17-9-2-5-12-6-3-9/h4,7,9,12H,2-3,5-6,8H2,1H3,(H,14,16). The highest BCUT2D eigenvalue weighted by Gasteiger charge is 2.15. The second-order valence-corrected chi connectivity index (χ2v) is 5.44. The van der Waals surface area contributed by atoms with E-state index in [1.165, 1.54) is 0 Å². The molecule has 1 fully saturated rings. The average molecular weight is 254 g/mol. The second-order valence-electron chi connectivity index (χ2n) is 4.15. The monoisotopic (exact) mass is 254 g/mol. The Labute approximate surface area is 105 Å². The van der Waals surface area contributed by atoms with Crippen LogP contribution in [0.5, 0.6) is 0 Å². The SMILES string of the molecule is Cn1nccc1NC(=O)CSC1CCNCC1. The van der Waals surface area contributed by atoms with E-state index in [1.807, 2.05) is 7.05 Å². The number of thioether (sulfide) groups is 1. The number of aromatic nitrogens is 2. The fraction of sp³-hybridized carbons (Fsp3) is 0.636. The van der Waals surface area contributed by atoms with Gasteiger partial charge in [0.05, 0.1) is 11.9 Å². The van der Waals surface area contributed by atoms with Crippen LogP contribution in [0, 0.1) is 0 Å². The van der Waals surface area contributed by atoms with Crippen LogP contribution in [0.4, 0.5) is 5.82 Å². The average Bonchev–Trinajstić information content (AvgIpc) is 2.74. The van der Waals surface area contributed by atoms with E-state index in [1.54, 1.807) is 28.7 Å². The molecule has 0 aromatic carbocycles. The molecule has 1 aliphatic heterocycles. The van der Waals surface area contributed by atoms with E-state index >= 15 is 0 Å². The number of anilines is 1. The summed E-state index contributed by atoms with van der Waals surface area (Å²) in [4.78, 5) is 11.7. The van der Waals surface area contributed by atoms with Crippen molar-refractivity contribution in [1.82, 2.24) is 15.1 Å². The van der Waals surface area contributed by atoms with E-state index < -0.39 is 0 Å². The van der Waals surface area contributed by atoms with Gasteiger partial charge in [-0.2, -0.15) is 5.10 Å². The Balaban J connectivity index is 1.72. The number of hydrogen-bond acceptors (Lipinski definition) is 4. The van der Waals surface area contributed by atoms with Crippen LogP contribution < -0.4 is 10.6 Å². The lowest BCUT2D eigenvalue weighted by atomic mass is 10.2. The number of aryl methyl sites for hydroxylation is 1. The summed E-state index contributed by atoms with van der Waals surface area (Å²) < 4.78 is 1.66. The maximum absolute atomic E-state index is 11.7. The van der Waals surface area contributed by atoms with Gasteiger partial charge in [-0.15, -0.1) is 11.8 Å². The summed E-state index contributed by atoms with van der Waals surface area (Å²) in [5, 5.41) is 10.8. The van der Waals surface area contributed by atoms with Gasteiger partial charge in [0.2, 0.25) is 5.91 Å². The second kappa shape index (κ2) is 6.07. The van der Waals surface area contributed by atoms with Crippen molar-refractivity contribution in [3.63, 3.8) is 0 Å². The van der Waals surface area contributed by atoms with Crippen LogP contribution in [0.1, 0.15) is 12.8 Å². The van der Waals surface area contributed by atoms with Crippen molar-refractivity contribution in [3.05, 3.63) is 12.3 Å². The molecular formula is C11H18N4OS. The molecule has 2 rings (SSSR count). The Morgan fingerprint density at radius 1 is 1.65 bits per heavy atom. The van der Waals surface area contributed by atoms with E-state index in [0.29, 0.717) is 11.0 Å². The predicted molar refractivity (Wildman–Crippen MR) is 70.2 cm³/mol. The Morgan fingerprint density at radius 2 is 2.41 bits per heavy atom. The highest BCUT2D eigenvalue weighted by Crippen LogP contribution is 2.20. The maximum atomic E-state index is 11.7. The first kappa shape index (κ1) is 12.4. The van der Waals surface area contributed by atoms with Crippen molar-refractivity contribution < 1.29 is 4.79 Å². The Hall–Kier alpha value is -1.01. The van der Waals surface area contributed by atoms with Crippen molar-refractivity contribution in [2.24, 2.45) is 7.05 Å². The number of hydrogen-bond donors (Lipinski definition) is 2. The van der Waals surface area contributed by atoms with Crippen molar-refractivity contribution >= 4 is 23.5 Å². The summed E-state index contributed by atoms with van der Waals surface area (Å²) in [5.41, 5.74) is 0. The van der Waals surface area contributed by atoms with Gasteiger partial charge in [-0.1, -0.05) is 0 Å². The van der Waals surface area contributed by atoms with Crippen LogP contribution >= 0.6 is 11.8 Å². The molecule has 0 radical (unpaired) electrons. The van der Waals surface area contributed by atoms with Crippen LogP contribution in [-0.4, -0.2) is 39.8 Å². The lowest BCUT2D eigenvalue weighted by Gasteiger charge is -2.21. The third-order valence-corrected chi connectivity index (χ3v) is 4.20. The topological polar surface area (TPSA) is 59.0 Å². The molecule has 0 saturated carbocycles. The summed E-state index contributed by atoms with van der Waals surface area (Å²) in [5.74, 6) is 1.33. The van der Waals surface area contributed by atoms with Gasteiger partial charge in [0.25, 0.3) is 0 Å². The molecule has 1 saturated heterocycles. The van der Waals surface area contributed by atoms with E-state index in [9.17, 15) is 4.79 Å². The first-order valence-electron chi connectivity index (χ1n) is 5.86. The highest BCUT2D eigenvalue weighted by molar-refractivity contribution is 8.00. The van der Waals surface area contributed by atoms with E-state index in [-0.39, 0.29) is 5.91 Å². The lowest BCUT2D eigenvalue weighted by Crippen LogP contribution is -2.30. The van der Waals surface area contributed by atoms with Gasteiger partial charge < -0.3 is 10.6 Å². The molecule has 1 aliphatic rings. The molecule has 0 spiro atoms. The first-order valence-corrected chi connectivity index (χ1v) is 6.91. The van der Waals surface area contributed by atoms with Crippen LogP contribution in [0.25, 0.3) is 0 Å². The fourth-order valence-corrected chi connectivity index (χ4v) is 2.86. The summed E-state index contributed by atoms with van der Waals surface area (Å²) in [6, 6.07) is 1.80. The number of rotatable bonds is 4. The number of piperidine rings is 1. The van der Waals surface area contributed by atoms with Crippen LogP contribution in [-0.2, 0) is 11.8 Å². The van der Waals surface area contributed by atoms with E-state index in [0.717, 1.165) is 31.7 Å². The third-order valence-electron chi connectivity index (χ3n) is 2.82. The number of nitrogens with zero attached hydrogens (tertiary/aromatic N) is 2. The van der Waals surface area contributed by atoms with Gasteiger partial charge in [0.15, 0.2) is 0 Å². The van der Waals surface area contributed by atoms with E-state index in [4.69, 9.17) is 0 Å². The zero-order chi connectivity index (χ0) is 12.1. The third kappa shape index (κ3) is 3.74. The van der Waals surface area contributed by atoms with E-state index in [2.05, 4.69) is 15.7 Å². The molecule has 0 aliphatic carbocycles. The smallest absolute Gasteiger partial charge is 0.235 e. The van der Waals surface area contributed by atoms with Gasteiger partial charge in [0, 0.05) is 18.4 Å². The minimum atomic E-state index is 0.0529. The van der Waals surface area contributed by atoms with Crippen molar-refractivity contribution in [2.45, 2.75) is 18.1 Å². The fourth-order valence-electron chi connectivity index (χ4n) is 1.83. The molecule has 0 unspecified atom stereocenters. The van der Waals surface area contributed by atoms with Crippen molar-refractivity contribution in [1.29, 1.82) is 0 Å². The summed E-state index contributed by atoms with van der Waals surface area (Å²) in [6.07, 6.45) is 3.99. The minimum Gasteiger partial charge on any atom is -0.317 e. The lowest BCUT2D eigenvalue weighted by molar-refractivity contribution is -0.113. The summed E-state index contributed by atoms with van der Waals surface area (Å²) in [7, 11) is 1.82. The van der Waals surface area contributed by atoms with Gasteiger partial charge >= 0.3 is 0 Å². The number of nitrogens with one attached hydrogen (secondary N) is 2. The van der Waals surface area contributed by atoms with Gasteiger partial charge in [0.1, 0.15) is 5.82 Å². The Kier molecular flexibility index (Phi) is 4.44. The van der Waals surface area contributed by atoms with Gasteiger partial charge in [-0.3, -0.25) is 9.48 Å². The largest absolute Gasteiger partial charge is 0.317 e. The quantitative estimate of drug-likeness (QED) is 0.836. The molecular weight excluding hydrogens is 236 g/mol. The Bertz CT molecular complexity index is 373. The van der Waals surface area contributed by atoms with Crippen molar-refractivity contribution in [3.8, 4) is 0 Å². The van der Waals surface area contributed by atoms with Crippen LogP contribution in [0.2, 0.25) is 0 Å². The highest BCUT2D eigenvalue weighted by atomic mass is 32.2. The molecule has 1 amide bonds. The Morgan fingerprint density at radius 3 is 3.06 bits per heavy atom. The zero-order valence-corrected chi connectivity index (χ0v) is 10.8. The van der Waals surface area contributed by atoms with Gasteiger partial charge in [-0.25, -0.2) is 0 Å². The number of amides is 1. The molecule has 0 bridgehead atoms. The maximum Gasteiger partial charge on any atom is 0.235 e. The zero-order valence-electron chi connectivity index (χ0n) is 9.98. The molecule has 94 valence electrons. The molecule has 2 heterocycles. The summed E-state index contributed by atoms with van der Waals surface area (Å²) >= 11 is 1.75. The number of carbonyl (C=O) groups excluding carboxylic acids is 1. The number of carbonyl (C=O) groups is 1.